The summed E-state index contributed by atoms with van der Waals surface area (Å²) in [6.45, 7) is 1.40. The summed E-state index contributed by atoms with van der Waals surface area (Å²) in [5.74, 6) is -0.469. The van der Waals surface area contributed by atoms with Crippen LogP contribution in [-0.4, -0.2) is 16.9 Å². The normalized spacial score (nSPS) is 10.6. The van der Waals surface area contributed by atoms with Gasteiger partial charge in [0.1, 0.15) is 11.9 Å². The molecular formula is C13H12FN3S. The van der Waals surface area contributed by atoms with E-state index in [9.17, 15) is 4.39 Å². The second kappa shape index (κ2) is 5.71. The molecule has 0 saturated carbocycles. The third kappa shape index (κ3) is 3.13. The van der Waals surface area contributed by atoms with Crippen LogP contribution in [-0.2, 0) is 13.1 Å². The molecule has 18 heavy (non-hydrogen) atoms. The van der Waals surface area contributed by atoms with E-state index in [1.807, 2.05) is 18.5 Å². The average molecular weight is 261 g/mol. The fraction of sp³-hybridized carbons (Fsp3) is 0.231. The molecule has 0 amide bonds. The average Bonchev–Trinajstić information content (AvgIpc) is 2.84. The van der Waals surface area contributed by atoms with Crippen LogP contribution in [0.4, 0.5) is 4.39 Å². The Hall–Kier alpha value is -1.77. The van der Waals surface area contributed by atoms with Crippen LogP contribution in [0.25, 0.3) is 0 Å². The number of halogens is 1. The van der Waals surface area contributed by atoms with Crippen molar-refractivity contribution in [2.75, 3.05) is 7.05 Å². The first-order valence-corrected chi connectivity index (χ1v) is 6.37. The Morgan fingerprint density at radius 1 is 1.44 bits per heavy atom. The van der Waals surface area contributed by atoms with Crippen LogP contribution >= 0.6 is 11.3 Å². The molecule has 0 aliphatic carbocycles. The highest BCUT2D eigenvalue weighted by molar-refractivity contribution is 7.07. The fourth-order valence-electron chi connectivity index (χ4n) is 1.72. The second-order valence-electron chi connectivity index (χ2n) is 4.08. The van der Waals surface area contributed by atoms with Crippen LogP contribution in [0.15, 0.2) is 29.1 Å². The van der Waals surface area contributed by atoms with Gasteiger partial charge in [-0.1, -0.05) is 6.07 Å². The highest BCUT2D eigenvalue weighted by atomic mass is 32.1. The predicted molar refractivity (Wildman–Crippen MR) is 68.4 cm³/mol. The summed E-state index contributed by atoms with van der Waals surface area (Å²) in [7, 11) is 1.97. The van der Waals surface area contributed by atoms with E-state index in [4.69, 9.17) is 5.26 Å². The molecule has 0 radical (unpaired) electrons. The minimum atomic E-state index is -0.469. The zero-order chi connectivity index (χ0) is 13.0. The summed E-state index contributed by atoms with van der Waals surface area (Å²) in [4.78, 5) is 6.28. The zero-order valence-electron chi connectivity index (χ0n) is 9.93. The number of hydrogen-bond donors (Lipinski definition) is 0. The van der Waals surface area contributed by atoms with E-state index in [0.717, 1.165) is 17.8 Å². The van der Waals surface area contributed by atoms with Crippen molar-refractivity contribution < 1.29 is 4.39 Å². The molecule has 0 spiro atoms. The lowest BCUT2D eigenvalue weighted by atomic mass is 10.1. The minimum Gasteiger partial charge on any atom is -0.296 e. The van der Waals surface area contributed by atoms with Gasteiger partial charge in [-0.25, -0.2) is 9.37 Å². The molecule has 1 aromatic heterocycles. The maximum atomic E-state index is 13.2. The lowest BCUT2D eigenvalue weighted by molar-refractivity contribution is 0.315. The Kier molecular flexibility index (Phi) is 4.03. The van der Waals surface area contributed by atoms with E-state index < -0.39 is 5.82 Å². The summed E-state index contributed by atoms with van der Waals surface area (Å²) in [5, 5.41) is 10.8. The molecule has 0 unspecified atom stereocenters. The third-order valence-corrected chi connectivity index (χ3v) is 3.15. The fourth-order valence-corrected chi connectivity index (χ4v) is 2.27. The van der Waals surface area contributed by atoms with E-state index in [1.54, 1.807) is 29.0 Å². The van der Waals surface area contributed by atoms with Gasteiger partial charge in [0.25, 0.3) is 0 Å². The summed E-state index contributed by atoms with van der Waals surface area (Å²) in [6, 6.07) is 6.48. The quantitative estimate of drug-likeness (QED) is 0.849. The van der Waals surface area contributed by atoms with Crippen LogP contribution in [0.1, 0.15) is 16.8 Å². The Morgan fingerprint density at radius 3 is 2.94 bits per heavy atom. The van der Waals surface area contributed by atoms with Gasteiger partial charge in [0.15, 0.2) is 0 Å². The predicted octanol–water partition coefficient (Wildman–Crippen LogP) is 2.79. The van der Waals surface area contributed by atoms with Gasteiger partial charge in [0.2, 0.25) is 0 Å². The summed E-state index contributed by atoms with van der Waals surface area (Å²) in [5.41, 5.74) is 3.83. The molecule has 0 fully saturated rings. The standard InChI is InChI=1S/C13H12FN3S/c1-17(7-12-8-18-9-16-12)6-10-2-3-13(14)11(4-10)5-15/h2-4,8-9H,6-7H2,1H3. The van der Waals surface area contributed by atoms with E-state index in [2.05, 4.69) is 9.88 Å². The van der Waals surface area contributed by atoms with Crippen molar-refractivity contribution in [3.8, 4) is 6.07 Å². The molecule has 0 N–H and O–H groups in total. The van der Waals surface area contributed by atoms with Crippen molar-refractivity contribution in [3.05, 3.63) is 51.7 Å². The Bertz CT molecular complexity index is 560. The highest BCUT2D eigenvalue weighted by Gasteiger charge is 2.06. The van der Waals surface area contributed by atoms with Crippen LogP contribution in [0, 0.1) is 17.1 Å². The Labute approximate surface area is 109 Å². The monoisotopic (exact) mass is 261 g/mol. The minimum absolute atomic E-state index is 0.0922. The summed E-state index contributed by atoms with van der Waals surface area (Å²) in [6.07, 6.45) is 0. The van der Waals surface area contributed by atoms with Gasteiger partial charge in [-0.05, 0) is 24.7 Å². The molecular weight excluding hydrogens is 249 g/mol. The Morgan fingerprint density at radius 2 is 2.28 bits per heavy atom. The molecule has 0 atom stereocenters. The molecule has 0 aliphatic rings. The largest absolute Gasteiger partial charge is 0.296 e. The van der Waals surface area contributed by atoms with Gasteiger partial charge in [0.05, 0.1) is 16.8 Å². The lowest BCUT2D eigenvalue weighted by Crippen LogP contribution is -2.17. The first kappa shape index (κ1) is 12.7. The van der Waals surface area contributed by atoms with Gasteiger partial charge >= 0.3 is 0 Å². The summed E-state index contributed by atoms with van der Waals surface area (Å²) < 4.78 is 13.2. The maximum Gasteiger partial charge on any atom is 0.140 e. The number of aromatic nitrogens is 1. The van der Waals surface area contributed by atoms with E-state index in [1.165, 1.54) is 6.07 Å². The molecule has 92 valence electrons. The van der Waals surface area contributed by atoms with Gasteiger partial charge in [0, 0.05) is 18.5 Å². The number of nitrogens with zero attached hydrogens (tertiary/aromatic N) is 3. The molecule has 3 nitrogen and oxygen atoms in total. The smallest absolute Gasteiger partial charge is 0.140 e. The SMILES string of the molecule is CN(Cc1ccc(F)c(C#N)c1)Cc1cscn1. The van der Waals surface area contributed by atoms with Crippen molar-refractivity contribution in [1.82, 2.24) is 9.88 Å². The number of rotatable bonds is 4. The van der Waals surface area contributed by atoms with E-state index in [-0.39, 0.29) is 5.56 Å². The molecule has 2 aromatic rings. The molecule has 0 bridgehead atoms. The highest BCUT2D eigenvalue weighted by Crippen LogP contribution is 2.12. The van der Waals surface area contributed by atoms with E-state index in [0.29, 0.717) is 6.54 Å². The summed E-state index contributed by atoms with van der Waals surface area (Å²) >= 11 is 1.57. The second-order valence-corrected chi connectivity index (χ2v) is 4.80. The van der Waals surface area contributed by atoms with E-state index >= 15 is 0 Å². The van der Waals surface area contributed by atoms with Crippen molar-refractivity contribution in [1.29, 1.82) is 5.26 Å². The van der Waals surface area contributed by atoms with Crippen molar-refractivity contribution in [2.24, 2.45) is 0 Å². The molecule has 1 aromatic carbocycles. The zero-order valence-corrected chi connectivity index (χ0v) is 10.7. The third-order valence-electron chi connectivity index (χ3n) is 2.52. The van der Waals surface area contributed by atoms with Crippen molar-refractivity contribution in [2.45, 2.75) is 13.1 Å². The van der Waals surface area contributed by atoms with Crippen LogP contribution in [0.5, 0.6) is 0 Å². The number of benzene rings is 1. The molecule has 0 aliphatic heterocycles. The van der Waals surface area contributed by atoms with Crippen LogP contribution in [0.3, 0.4) is 0 Å². The first-order chi connectivity index (χ1) is 8.69. The van der Waals surface area contributed by atoms with Crippen molar-refractivity contribution >= 4 is 11.3 Å². The Balaban J connectivity index is 2.03. The first-order valence-electron chi connectivity index (χ1n) is 5.43. The van der Waals surface area contributed by atoms with Gasteiger partial charge in [-0.3, -0.25) is 4.90 Å². The number of thiazole rings is 1. The van der Waals surface area contributed by atoms with Gasteiger partial charge in [-0.2, -0.15) is 5.26 Å². The van der Waals surface area contributed by atoms with Crippen LogP contribution in [0.2, 0.25) is 0 Å². The molecule has 2 rings (SSSR count). The lowest BCUT2D eigenvalue weighted by Gasteiger charge is -2.15. The molecule has 0 saturated heterocycles. The molecule has 1 heterocycles. The number of nitriles is 1. The van der Waals surface area contributed by atoms with Gasteiger partial charge < -0.3 is 0 Å². The van der Waals surface area contributed by atoms with Crippen LogP contribution < -0.4 is 0 Å². The topological polar surface area (TPSA) is 39.9 Å². The van der Waals surface area contributed by atoms with Gasteiger partial charge in [-0.15, -0.1) is 11.3 Å². The van der Waals surface area contributed by atoms with Crippen molar-refractivity contribution in [3.63, 3.8) is 0 Å². The number of hydrogen-bond acceptors (Lipinski definition) is 4. The molecule has 5 heteroatoms. The maximum absolute atomic E-state index is 13.2.